The van der Waals surface area contributed by atoms with Crippen LogP contribution in [0.3, 0.4) is 0 Å². The lowest BCUT2D eigenvalue weighted by molar-refractivity contribution is -0.116. The molecule has 1 atom stereocenters. The van der Waals surface area contributed by atoms with Gasteiger partial charge in [0, 0.05) is 22.1 Å². The summed E-state index contributed by atoms with van der Waals surface area (Å²) in [6.07, 6.45) is 6.87. The second-order valence-corrected chi connectivity index (χ2v) is 7.90. The van der Waals surface area contributed by atoms with Gasteiger partial charge in [0.25, 0.3) is 5.91 Å². The zero-order chi connectivity index (χ0) is 14.1. The fourth-order valence-electron chi connectivity index (χ4n) is 2.88. The summed E-state index contributed by atoms with van der Waals surface area (Å²) in [5.74, 6) is 1.88. The van der Waals surface area contributed by atoms with Gasteiger partial charge in [0.1, 0.15) is 0 Å². The van der Waals surface area contributed by atoms with Crippen LogP contribution >= 0.6 is 23.1 Å². The van der Waals surface area contributed by atoms with Gasteiger partial charge >= 0.3 is 0 Å². The number of fused-ring (bicyclic) bond motifs is 3. The third-order valence-corrected chi connectivity index (χ3v) is 6.34. The number of hydrogen-bond acceptors (Lipinski definition) is 3. The van der Waals surface area contributed by atoms with E-state index in [2.05, 4.69) is 25.2 Å². The van der Waals surface area contributed by atoms with Crippen molar-refractivity contribution in [1.82, 2.24) is 5.32 Å². The molecule has 1 N–H and O–H groups in total. The van der Waals surface area contributed by atoms with Crippen molar-refractivity contribution in [2.45, 2.75) is 45.3 Å². The Morgan fingerprint density at radius 1 is 1.45 bits per heavy atom. The first-order chi connectivity index (χ1) is 9.69. The van der Waals surface area contributed by atoms with Gasteiger partial charge in [0.05, 0.1) is 4.91 Å². The van der Waals surface area contributed by atoms with Crippen LogP contribution in [0, 0.1) is 5.92 Å². The predicted octanol–water partition coefficient (Wildman–Crippen LogP) is 3.99. The second kappa shape index (κ2) is 5.94. The van der Waals surface area contributed by atoms with Gasteiger partial charge in [-0.25, -0.2) is 0 Å². The average molecular weight is 307 g/mol. The van der Waals surface area contributed by atoms with Gasteiger partial charge in [-0.2, -0.15) is 0 Å². The van der Waals surface area contributed by atoms with E-state index in [9.17, 15) is 4.79 Å². The van der Waals surface area contributed by atoms with Crippen LogP contribution in [0.5, 0.6) is 0 Å². The Bertz CT molecular complexity index is 559. The van der Waals surface area contributed by atoms with E-state index in [0.717, 1.165) is 29.5 Å². The maximum atomic E-state index is 12.1. The van der Waals surface area contributed by atoms with E-state index in [4.69, 9.17) is 0 Å². The van der Waals surface area contributed by atoms with Crippen molar-refractivity contribution in [3.05, 3.63) is 25.8 Å². The number of amides is 1. The quantitative estimate of drug-likeness (QED) is 0.915. The van der Waals surface area contributed by atoms with Crippen LogP contribution in [-0.4, -0.2) is 12.5 Å². The van der Waals surface area contributed by atoms with Crippen LogP contribution in [0.2, 0.25) is 0 Å². The topological polar surface area (TPSA) is 29.1 Å². The van der Waals surface area contributed by atoms with Gasteiger partial charge in [-0.05, 0) is 48.8 Å². The summed E-state index contributed by atoms with van der Waals surface area (Å²) in [4.78, 5) is 15.9. The third-order valence-electron chi connectivity index (χ3n) is 4.05. The molecule has 0 bridgehead atoms. The lowest BCUT2D eigenvalue weighted by Gasteiger charge is -2.19. The third kappa shape index (κ3) is 2.68. The van der Waals surface area contributed by atoms with E-state index in [-0.39, 0.29) is 5.91 Å². The number of carbonyl (C=O) groups is 1. The Labute approximate surface area is 129 Å². The molecule has 1 aromatic heterocycles. The molecule has 0 spiro atoms. The highest BCUT2D eigenvalue weighted by Gasteiger charge is 2.26. The van der Waals surface area contributed by atoms with E-state index in [1.807, 2.05) is 11.3 Å². The SMILES string of the molecule is CCCNC(=O)C1=Cc2sc3c(c2CS1)CCC(C)C3. The van der Waals surface area contributed by atoms with E-state index < -0.39 is 0 Å². The predicted molar refractivity (Wildman–Crippen MR) is 88.1 cm³/mol. The largest absolute Gasteiger partial charge is 0.352 e. The first kappa shape index (κ1) is 14.2. The van der Waals surface area contributed by atoms with Crippen LogP contribution in [0.1, 0.15) is 47.6 Å². The first-order valence-corrected chi connectivity index (χ1v) is 9.25. The number of thiophene rings is 1. The van der Waals surface area contributed by atoms with Crippen molar-refractivity contribution >= 4 is 35.1 Å². The normalized spacial score (nSPS) is 20.9. The second-order valence-electron chi connectivity index (χ2n) is 5.75. The molecule has 4 heteroatoms. The summed E-state index contributed by atoms with van der Waals surface area (Å²) in [5.41, 5.74) is 3.11. The highest BCUT2D eigenvalue weighted by atomic mass is 32.2. The molecule has 2 nitrogen and oxygen atoms in total. The van der Waals surface area contributed by atoms with Crippen LogP contribution < -0.4 is 5.32 Å². The van der Waals surface area contributed by atoms with Crippen LogP contribution in [0.25, 0.3) is 6.08 Å². The minimum Gasteiger partial charge on any atom is -0.352 e. The molecule has 0 aromatic carbocycles. The molecule has 1 aliphatic heterocycles. The molecule has 2 heterocycles. The Morgan fingerprint density at radius 3 is 3.10 bits per heavy atom. The molecule has 1 unspecified atom stereocenters. The zero-order valence-corrected chi connectivity index (χ0v) is 13.8. The van der Waals surface area contributed by atoms with E-state index in [1.54, 1.807) is 22.2 Å². The van der Waals surface area contributed by atoms with Crippen molar-refractivity contribution in [1.29, 1.82) is 0 Å². The Morgan fingerprint density at radius 2 is 2.30 bits per heavy atom. The maximum absolute atomic E-state index is 12.1. The molecule has 1 aromatic rings. The molecule has 3 rings (SSSR count). The van der Waals surface area contributed by atoms with Crippen molar-refractivity contribution < 1.29 is 4.79 Å². The molecule has 20 heavy (non-hydrogen) atoms. The highest BCUT2D eigenvalue weighted by Crippen LogP contribution is 2.43. The summed E-state index contributed by atoms with van der Waals surface area (Å²) in [7, 11) is 0. The summed E-state index contributed by atoms with van der Waals surface area (Å²) < 4.78 is 0. The van der Waals surface area contributed by atoms with E-state index in [1.165, 1.54) is 29.7 Å². The minimum atomic E-state index is 0.0993. The van der Waals surface area contributed by atoms with Crippen LogP contribution in [0.15, 0.2) is 4.91 Å². The van der Waals surface area contributed by atoms with E-state index in [0.29, 0.717) is 0 Å². The van der Waals surface area contributed by atoms with Crippen LogP contribution in [-0.2, 0) is 23.4 Å². The van der Waals surface area contributed by atoms with Gasteiger partial charge in [-0.15, -0.1) is 23.1 Å². The van der Waals surface area contributed by atoms with Crippen molar-refractivity contribution in [3.63, 3.8) is 0 Å². The summed E-state index contributed by atoms with van der Waals surface area (Å²) in [6, 6.07) is 0. The van der Waals surface area contributed by atoms with Gasteiger partial charge in [0.15, 0.2) is 0 Å². The minimum absolute atomic E-state index is 0.0993. The Hall–Kier alpha value is -0.740. The highest BCUT2D eigenvalue weighted by molar-refractivity contribution is 8.03. The molecule has 0 saturated heterocycles. The molecule has 0 radical (unpaired) electrons. The molecule has 0 saturated carbocycles. The molecular weight excluding hydrogens is 286 g/mol. The molecule has 0 fully saturated rings. The average Bonchev–Trinajstić information content (AvgIpc) is 2.80. The van der Waals surface area contributed by atoms with Crippen LogP contribution in [0.4, 0.5) is 0 Å². The molecule has 108 valence electrons. The van der Waals surface area contributed by atoms with Gasteiger partial charge < -0.3 is 5.32 Å². The standard InChI is InChI=1S/C16H21NOS2/c1-3-6-17-16(18)15-8-14-12(9-19-15)11-5-4-10(2)7-13(11)20-14/h8,10H,3-7,9H2,1-2H3,(H,17,18). The summed E-state index contributed by atoms with van der Waals surface area (Å²) in [5, 5.41) is 2.98. The maximum Gasteiger partial charge on any atom is 0.257 e. The molecule has 1 amide bonds. The van der Waals surface area contributed by atoms with Gasteiger partial charge in [-0.3, -0.25) is 4.79 Å². The zero-order valence-electron chi connectivity index (χ0n) is 12.1. The van der Waals surface area contributed by atoms with Crippen molar-refractivity contribution in [2.75, 3.05) is 6.54 Å². The van der Waals surface area contributed by atoms with Crippen molar-refractivity contribution in [3.8, 4) is 0 Å². The first-order valence-electron chi connectivity index (χ1n) is 7.45. The van der Waals surface area contributed by atoms with Gasteiger partial charge in [0.2, 0.25) is 0 Å². The monoisotopic (exact) mass is 307 g/mol. The van der Waals surface area contributed by atoms with Gasteiger partial charge in [-0.1, -0.05) is 13.8 Å². The lowest BCUT2D eigenvalue weighted by atomic mass is 9.88. The summed E-state index contributed by atoms with van der Waals surface area (Å²) in [6.45, 7) is 5.19. The van der Waals surface area contributed by atoms with E-state index >= 15 is 0 Å². The van der Waals surface area contributed by atoms with Crippen molar-refractivity contribution in [2.24, 2.45) is 5.92 Å². The Balaban J connectivity index is 1.84. The Kier molecular flexibility index (Phi) is 4.22. The number of nitrogens with one attached hydrogen (secondary N) is 1. The number of hydrogen-bond donors (Lipinski definition) is 1. The lowest BCUT2D eigenvalue weighted by Crippen LogP contribution is -2.25. The number of rotatable bonds is 3. The fourth-order valence-corrected chi connectivity index (χ4v) is 5.56. The summed E-state index contributed by atoms with van der Waals surface area (Å²) >= 11 is 3.62. The fraction of sp³-hybridized carbons (Fsp3) is 0.562. The smallest absolute Gasteiger partial charge is 0.257 e. The number of carbonyl (C=O) groups excluding carboxylic acids is 1. The molecule has 1 aliphatic carbocycles. The number of thioether (sulfide) groups is 1. The molecular formula is C16H21NOS2. The molecule has 2 aliphatic rings.